The number of amides is 1. The molecule has 1 N–H and O–H groups in total. The van der Waals surface area contributed by atoms with Gasteiger partial charge in [0.25, 0.3) is 0 Å². The molecule has 0 saturated carbocycles. The number of methoxy groups -OCH3 is 1. The van der Waals surface area contributed by atoms with Gasteiger partial charge in [0.1, 0.15) is 6.04 Å². The van der Waals surface area contributed by atoms with Crippen molar-refractivity contribution in [3.63, 3.8) is 0 Å². The molecule has 0 bridgehead atoms. The summed E-state index contributed by atoms with van der Waals surface area (Å²) in [5.74, 6) is -0.598. The maximum atomic E-state index is 13.0. The third kappa shape index (κ3) is 6.34. The number of ether oxygens (including phenoxy) is 1. The maximum Gasteiger partial charge on any atom is 0.328 e. The smallest absolute Gasteiger partial charge is 0.328 e. The van der Waals surface area contributed by atoms with Crippen LogP contribution in [0.2, 0.25) is 0 Å². The normalized spacial score (nSPS) is 11.9. The molecule has 0 heterocycles. The zero-order chi connectivity index (χ0) is 25.9. The van der Waals surface area contributed by atoms with Gasteiger partial charge in [-0.15, -0.1) is 0 Å². The molecule has 4 aromatic rings. The summed E-state index contributed by atoms with van der Waals surface area (Å²) in [4.78, 5) is 25.4. The number of carbonyl (C=O) groups is 2. The highest BCUT2D eigenvalue weighted by Crippen LogP contribution is 2.43. The van der Waals surface area contributed by atoms with Crippen molar-refractivity contribution in [1.82, 2.24) is 5.32 Å². The molecule has 0 radical (unpaired) electrons. The van der Waals surface area contributed by atoms with E-state index in [-0.39, 0.29) is 5.91 Å². The summed E-state index contributed by atoms with van der Waals surface area (Å²) in [6.45, 7) is 0. The molecule has 4 nitrogen and oxygen atoms in total. The first-order valence-corrected chi connectivity index (χ1v) is 12.7. The zero-order valence-corrected chi connectivity index (χ0v) is 21.2. The van der Waals surface area contributed by atoms with Crippen molar-refractivity contribution in [2.75, 3.05) is 7.11 Å². The Hall–Kier alpha value is -4.18. The third-order valence-corrected chi connectivity index (χ3v) is 6.86. The number of esters is 1. The first-order valence-electron chi connectivity index (χ1n) is 12.7. The van der Waals surface area contributed by atoms with Crippen LogP contribution < -0.4 is 5.32 Å². The van der Waals surface area contributed by atoms with Crippen molar-refractivity contribution >= 4 is 11.9 Å². The van der Waals surface area contributed by atoms with E-state index in [9.17, 15) is 9.59 Å². The van der Waals surface area contributed by atoms with Gasteiger partial charge in [-0.1, -0.05) is 121 Å². The Kier molecular flexibility index (Phi) is 8.88. The number of benzene rings is 4. The van der Waals surface area contributed by atoms with E-state index in [1.807, 2.05) is 48.5 Å². The van der Waals surface area contributed by atoms with Crippen LogP contribution in [0.1, 0.15) is 41.5 Å². The highest BCUT2D eigenvalue weighted by molar-refractivity contribution is 5.84. The van der Waals surface area contributed by atoms with Crippen molar-refractivity contribution in [2.45, 2.75) is 37.1 Å². The average molecular weight is 492 g/mol. The highest BCUT2D eigenvalue weighted by Gasteiger charge is 2.36. The van der Waals surface area contributed by atoms with Gasteiger partial charge in [-0.05, 0) is 35.1 Å². The lowest BCUT2D eigenvalue weighted by Crippen LogP contribution is -2.43. The van der Waals surface area contributed by atoms with Crippen LogP contribution in [-0.2, 0) is 26.2 Å². The van der Waals surface area contributed by atoms with E-state index in [4.69, 9.17) is 4.74 Å². The van der Waals surface area contributed by atoms with Crippen molar-refractivity contribution in [3.05, 3.63) is 144 Å². The fourth-order valence-corrected chi connectivity index (χ4v) is 5.07. The fourth-order valence-electron chi connectivity index (χ4n) is 5.07. The Labute approximate surface area is 219 Å². The topological polar surface area (TPSA) is 55.4 Å². The van der Waals surface area contributed by atoms with Crippen LogP contribution in [0.3, 0.4) is 0 Å². The van der Waals surface area contributed by atoms with Crippen LogP contribution >= 0.6 is 0 Å². The summed E-state index contributed by atoms with van der Waals surface area (Å²) >= 11 is 0. The van der Waals surface area contributed by atoms with Crippen LogP contribution in [0, 0.1) is 0 Å². The van der Waals surface area contributed by atoms with Gasteiger partial charge in [0.05, 0.1) is 7.11 Å². The fraction of sp³-hybridized carbons (Fsp3) is 0.212. The van der Waals surface area contributed by atoms with Crippen LogP contribution in [0.25, 0.3) is 0 Å². The number of hydrogen-bond donors (Lipinski definition) is 1. The summed E-state index contributed by atoms with van der Waals surface area (Å²) in [5.41, 5.74) is 4.11. The van der Waals surface area contributed by atoms with Crippen LogP contribution in [0.5, 0.6) is 0 Å². The lowest BCUT2D eigenvalue weighted by atomic mass is 9.66. The second kappa shape index (κ2) is 12.7. The first-order chi connectivity index (χ1) is 18.1. The average Bonchev–Trinajstić information content (AvgIpc) is 2.96. The Morgan fingerprint density at radius 2 is 1.14 bits per heavy atom. The summed E-state index contributed by atoms with van der Waals surface area (Å²) in [7, 11) is 1.35. The predicted octanol–water partition coefficient (Wildman–Crippen LogP) is 6.09. The molecular weight excluding hydrogens is 458 g/mol. The molecule has 1 amide bonds. The van der Waals surface area contributed by atoms with Gasteiger partial charge in [-0.2, -0.15) is 0 Å². The van der Waals surface area contributed by atoms with E-state index < -0.39 is 17.4 Å². The quantitative estimate of drug-likeness (QED) is 0.204. The number of hydrogen-bond acceptors (Lipinski definition) is 3. The molecule has 4 rings (SSSR count). The van der Waals surface area contributed by atoms with E-state index in [1.54, 1.807) is 0 Å². The summed E-state index contributed by atoms with van der Waals surface area (Å²) < 4.78 is 4.96. The highest BCUT2D eigenvalue weighted by atomic mass is 16.5. The molecule has 37 heavy (non-hydrogen) atoms. The molecule has 0 fully saturated rings. The van der Waals surface area contributed by atoms with Gasteiger partial charge in [-0.3, -0.25) is 4.79 Å². The first kappa shape index (κ1) is 25.9. The molecule has 0 aromatic heterocycles. The Bertz CT molecular complexity index is 1160. The standard InChI is InChI=1S/C33H33NO3/c1-37-32(36)30(25-26-15-6-2-7-16-26)34-31(35)23-14-24-33(27-17-8-3-9-18-27,28-19-10-4-11-20-28)29-21-12-5-13-22-29/h2-13,15-22,30H,14,23-25H2,1H3,(H,34,35)/t30-/m1/s1. The minimum absolute atomic E-state index is 0.158. The van der Waals surface area contributed by atoms with Crippen LogP contribution in [0.4, 0.5) is 0 Å². The molecule has 0 aliphatic heterocycles. The molecule has 0 saturated heterocycles. The van der Waals surface area contributed by atoms with Gasteiger partial charge in [0.2, 0.25) is 5.91 Å². The summed E-state index contributed by atoms with van der Waals surface area (Å²) in [5, 5.41) is 2.91. The maximum absolute atomic E-state index is 13.0. The monoisotopic (exact) mass is 491 g/mol. The second-order valence-corrected chi connectivity index (χ2v) is 9.19. The van der Waals surface area contributed by atoms with E-state index >= 15 is 0 Å². The number of rotatable bonds is 11. The Morgan fingerprint density at radius 1 is 0.703 bits per heavy atom. The van der Waals surface area contributed by atoms with Gasteiger partial charge >= 0.3 is 5.97 Å². The molecule has 188 valence electrons. The van der Waals surface area contributed by atoms with Crippen molar-refractivity contribution in [2.24, 2.45) is 0 Å². The van der Waals surface area contributed by atoms with Crippen molar-refractivity contribution in [1.29, 1.82) is 0 Å². The largest absolute Gasteiger partial charge is 0.467 e. The SMILES string of the molecule is COC(=O)[C@@H](Cc1ccccc1)NC(=O)CCCC(c1ccccc1)(c1ccccc1)c1ccccc1. The number of carbonyl (C=O) groups excluding carboxylic acids is 2. The number of nitrogens with one attached hydrogen (secondary N) is 1. The van der Waals surface area contributed by atoms with Crippen molar-refractivity contribution in [3.8, 4) is 0 Å². The summed E-state index contributed by atoms with van der Waals surface area (Å²) in [6, 6.07) is 40.3. The second-order valence-electron chi connectivity index (χ2n) is 9.19. The van der Waals surface area contributed by atoms with Crippen LogP contribution in [-0.4, -0.2) is 25.0 Å². The van der Waals surface area contributed by atoms with E-state index in [0.717, 1.165) is 12.0 Å². The van der Waals surface area contributed by atoms with E-state index in [0.29, 0.717) is 19.3 Å². The Balaban J connectivity index is 1.56. The van der Waals surface area contributed by atoms with E-state index in [1.165, 1.54) is 23.8 Å². The predicted molar refractivity (Wildman–Crippen MR) is 147 cm³/mol. The lowest BCUT2D eigenvalue weighted by molar-refractivity contribution is -0.145. The molecule has 4 aromatic carbocycles. The minimum Gasteiger partial charge on any atom is -0.467 e. The zero-order valence-electron chi connectivity index (χ0n) is 21.2. The molecule has 1 atom stereocenters. The molecule has 0 aliphatic carbocycles. The van der Waals surface area contributed by atoms with Gasteiger partial charge < -0.3 is 10.1 Å². The molecular formula is C33H33NO3. The Morgan fingerprint density at radius 3 is 1.57 bits per heavy atom. The van der Waals surface area contributed by atoms with Crippen LogP contribution in [0.15, 0.2) is 121 Å². The van der Waals surface area contributed by atoms with Crippen molar-refractivity contribution < 1.29 is 14.3 Å². The molecule has 4 heteroatoms. The third-order valence-electron chi connectivity index (χ3n) is 6.86. The summed E-state index contributed by atoms with van der Waals surface area (Å²) in [6.07, 6.45) is 2.07. The van der Waals surface area contributed by atoms with Gasteiger partial charge in [-0.25, -0.2) is 4.79 Å². The lowest BCUT2D eigenvalue weighted by Gasteiger charge is -2.36. The minimum atomic E-state index is -0.720. The molecule has 0 unspecified atom stereocenters. The molecule has 0 spiro atoms. The molecule has 0 aliphatic rings. The van der Waals surface area contributed by atoms with E-state index in [2.05, 4.69) is 78.1 Å². The van der Waals surface area contributed by atoms with Gasteiger partial charge in [0, 0.05) is 18.3 Å². The van der Waals surface area contributed by atoms with Gasteiger partial charge in [0.15, 0.2) is 0 Å².